The van der Waals surface area contributed by atoms with E-state index >= 15 is 0 Å². The molecule has 0 aromatic heterocycles. The third-order valence-electron chi connectivity index (χ3n) is 5.21. The molecule has 4 heteroatoms. The van der Waals surface area contributed by atoms with Crippen molar-refractivity contribution >= 4 is 0 Å². The van der Waals surface area contributed by atoms with Crippen LogP contribution in [0.15, 0.2) is 0 Å². The summed E-state index contributed by atoms with van der Waals surface area (Å²) >= 11 is 0. The lowest BCUT2D eigenvalue weighted by molar-refractivity contribution is 0.0310. The molecule has 0 spiro atoms. The average molecular weight is 268 g/mol. The molecule has 2 saturated carbocycles. The third-order valence-corrected chi connectivity index (χ3v) is 5.21. The average Bonchev–Trinajstić information content (AvgIpc) is 3.17. The van der Waals surface area contributed by atoms with Crippen molar-refractivity contribution in [3.8, 4) is 0 Å². The summed E-state index contributed by atoms with van der Waals surface area (Å²) in [6.45, 7) is 5.41. The Morgan fingerprint density at radius 1 is 1.21 bits per heavy atom. The van der Waals surface area contributed by atoms with Crippen LogP contribution >= 0.6 is 0 Å². The van der Waals surface area contributed by atoms with Gasteiger partial charge in [0.1, 0.15) is 0 Å². The minimum atomic E-state index is 0.0352. The summed E-state index contributed by atoms with van der Waals surface area (Å²) in [6, 6.07) is 0.691. The first-order chi connectivity index (χ1) is 9.32. The van der Waals surface area contributed by atoms with E-state index in [-0.39, 0.29) is 5.54 Å². The third kappa shape index (κ3) is 3.30. The van der Waals surface area contributed by atoms with Crippen LogP contribution < -0.4 is 5.32 Å². The number of nitrogens with zero attached hydrogens (tertiary/aromatic N) is 1. The Morgan fingerprint density at radius 2 is 2.00 bits per heavy atom. The topological polar surface area (TPSA) is 44.7 Å². The van der Waals surface area contributed by atoms with Crippen LogP contribution in [-0.4, -0.2) is 61.0 Å². The van der Waals surface area contributed by atoms with E-state index in [2.05, 4.69) is 10.2 Å². The molecule has 3 rings (SSSR count). The molecule has 2 N–H and O–H groups in total. The fourth-order valence-electron chi connectivity index (χ4n) is 3.81. The highest BCUT2D eigenvalue weighted by Gasteiger charge is 2.44. The molecule has 2 unspecified atom stereocenters. The molecule has 1 heterocycles. The highest BCUT2D eigenvalue weighted by molar-refractivity contribution is 5.03. The van der Waals surface area contributed by atoms with Crippen molar-refractivity contribution in [2.75, 3.05) is 39.5 Å². The lowest BCUT2D eigenvalue weighted by atomic mass is 9.85. The van der Waals surface area contributed by atoms with Gasteiger partial charge in [0.2, 0.25) is 0 Å². The molecule has 2 atom stereocenters. The summed E-state index contributed by atoms with van der Waals surface area (Å²) in [5.41, 5.74) is 0.0352. The minimum absolute atomic E-state index is 0.0352. The lowest BCUT2D eigenvalue weighted by Gasteiger charge is -2.37. The number of aliphatic hydroxyl groups is 1. The predicted octanol–water partition coefficient (Wildman–Crippen LogP) is 0.992. The Balaban J connectivity index is 1.52. The first-order valence-corrected chi connectivity index (χ1v) is 8.01. The molecule has 0 radical (unpaired) electrons. The summed E-state index contributed by atoms with van der Waals surface area (Å²) in [4.78, 5) is 2.51. The van der Waals surface area contributed by atoms with E-state index in [0.717, 1.165) is 32.7 Å². The van der Waals surface area contributed by atoms with E-state index in [1.807, 2.05) is 0 Å². The van der Waals surface area contributed by atoms with Gasteiger partial charge in [-0.25, -0.2) is 0 Å². The van der Waals surface area contributed by atoms with Gasteiger partial charge in [0.25, 0.3) is 0 Å². The van der Waals surface area contributed by atoms with E-state index < -0.39 is 0 Å². The Hall–Kier alpha value is -0.160. The van der Waals surface area contributed by atoms with Crippen molar-refractivity contribution in [3.05, 3.63) is 0 Å². The van der Waals surface area contributed by atoms with Crippen LogP contribution in [0.3, 0.4) is 0 Å². The zero-order valence-electron chi connectivity index (χ0n) is 11.9. The molecule has 2 aliphatic carbocycles. The zero-order valence-corrected chi connectivity index (χ0v) is 11.9. The molecule has 0 amide bonds. The number of aliphatic hydroxyl groups excluding tert-OH is 1. The SMILES string of the molecule is OCC1(NC2CC2)CCCC1CCN1CCOCC1. The van der Waals surface area contributed by atoms with E-state index in [0.29, 0.717) is 18.6 Å². The summed E-state index contributed by atoms with van der Waals surface area (Å²) < 4.78 is 5.40. The van der Waals surface area contributed by atoms with Crippen LogP contribution in [0.25, 0.3) is 0 Å². The molecular weight excluding hydrogens is 240 g/mol. The Labute approximate surface area is 116 Å². The number of hydrogen-bond donors (Lipinski definition) is 2. The number of ether oxygens (including phenoxy) is 1. The van der Waals surface area contributed by atoms with Gasteiger partial charge in [0.05, 0.1) is 19.8 Å². The highest BCUT2D eigenvalue weighted by Crippen LogP contribution is 2.40. The number of morpholine rings is 1. The monoisotopic (exact) mass is 268 g/mol. The number of rotatable bonds is 6. The van der Waals surface area contributed by atoms with Crippen molar-refractivity contribution in [1.82, 2.24) is 10.2 Å². The van der Waals surface area contributed by atoms with Gasteiger partial charge in [-0.3, -0.25) is 4.90 Å². The Kier molecular flexibility index (Phi) is 4.42. The van der Waals surface area contributed by atoms with Crippen molar-refractivity contribution < 1.29 is 9.84 Å². The standard InChI is InChI=1S/C15H28N2O2/c18-12-15(16-14-3-4-14)6-1-2-13(15)5-7-17-8-10-19-11-9-17/h13-14,16,18H,1-12H2. The second kappa shape index (κ2) is 6.08. The zero-order chi connectivity index (χ0) is 13.1. The first kappa shape index (κ1) is 13.8. The molecule has 3 fully saturated rings. The summed E-state index contributed by atoms with van der Waals surface area (Å²) in [5.74, 6) is 0.654. The van der Waals surface area contributed by atoms with Gasteiger partial charge in [-0.1, -0.05) is 6.42 Å². The van der Waals surface area contributed by atoms with Crippen LogP contribution in [0.5, 0.6) is 0 Å². The van der Waals surface area contributed by atoms with Crippen LogP contribution in [0, 0.1) is 5.92 Å². The highest BCUT2D eigenvalue weighted by atomic mass is 16.5. The molecule has 1 saturated heterocycles. The van der Waals surface area contributed by atoms with Gasteiger partial charge in [0, 0.05) is 24.7 Å². The van der Waals surface area contributed by atoms with Crippen LogP contribution in [0.4, 0.5) is 0 Å². The minimum Gasteiger partial charge on any atom is -0.394 e. The van der Waals surface area contributed by atoms with Crippen LogP contribution in [0.2, 0.25) is 0 Å². The maximum absolute atomic E-state index is 9.90. The molecule has 0 bridgehead atoms. The van der Waals surface area contributed by atoms with Gasteiger partial charge in [-0.15, -0.1) is 0 Å². The maximum Gasteiger partial charge on any atom is 0.0616 e. The quantitative estimate of drug-likeness (QED) is 0.754. The van der Waals surface area contributed by atoms with E-state index in [9.17, 15) is 5.11 Å². The first-order valence-electron chi connectivity index (χ1n) is 8.01. The fourth-order valence-corrected chi connectivity index (χ4v) is 3.81. The van der Waals surface area contributed by atoms with Crippen molar-refractivity contribution in [1.29, 1.82) is 0 Å². The molecule has 110 valence electrons. The lowest BCUT2D eigenvalue weighted by Crippen LogP contribution is -2.53. The molecule has 4 nitrogen and oxygen atoms in total. The van der Waals surface area contributed by atoms with Gasteiger partial charge in [-0.05, 0) is 44.6 Å². The van der Waals surface area contributed by atoms with Gasteiger partial charge >= 0.3 is 0 Å². The summed E-state index contributed by atoms with van der Waals surface area (Å²) in [7, 11) is 0. The Bertz CT molecular complexity index is 290. The molecule has 3 aliphatic rings. The van der Waals surface area contributed by atoms with Crippen LogP contribution in [-0.2, 0) is 4.74 Å². The molecule has 0 aromatic rings. The summed E-state index contributed by atoms with van der Waals surface area (Å²) in [6.07, 6.45) is 7.54. The normalized spacial score (nSPS) is 36.8. The Morgan fingerprint density at radius 3 is 2.68 bits per heavy atom. The number of hydrogen-bond acceptors (Lipinski definition) is 4. The predicted molar refractivity (Wildman–Crippen MR) is 75.2 cm³/mol. The molecule has 19 heavy (non-hydrogen) atoms. The van der Waals surface area contributed by atoms with E-state index in [4.69, 9.17) is 4.74 Å². The molecule has 0 aromatic carbocycles. The molecule has 1 aliphatic heterocycles. The van der Waals surface area contributed by atoms with Crippen molar-refractivity contribution in [3.63, 3.8) is 0 Å². The van der Waals surface area contributed by atoms with E-state index in [1.54, 1.807) is 0 Å². The van der Waals surface area contributed by atoms with Crippen molar-refractivity contribution in [2.45, 2.75) is 50.1 Å². The second-order valence-electron chi connectivity index (χ2n) is 6.56. The maximum atomic E-state index is 9.90. The van der Waals surface area contributed by atoms with Gasteiger partial charge in [-0.2, -0.15) is 0 Å². The smallest absolute Gasteiger partial charge is 0.0616 e. The van der Waals surface area contributed by atoms with Gasteiger partial charge in [0.15, 0.2) is 0 Å². The number of nitrogens with one attached hydrogen (secondary N) is 1. The van der Waals surface area contributed by atoms with Gasteiger partial charge < -0.3 is 15.2 Å². The largest absolute Gasteiger partial charge is 0.394 e. The van der Waals surface area contributed by atoms with Crippen LogP contribution in [0.1, 0.15) is 38.5 Å². The van der Waals surface area contributed by atoms with E-state index in [1.165, 1.54) is 38.6 Å². The van der Waals surface area contributed by atoms with Crippen molar-refractivity contribution in [2.24, 2.45) is 5.92 Å². The molecular formula is C15H28N2O2. The summed E-state index contributed by atoms with van der Waals surface area (Å²) in [5, 5.41) is 13.7. The second-order valence-corrected chi connectivity index (χ2v) is 6.56. The fraction of sp³-hybridized carbons (Fsp3) is 1.00.